The molecule has 1 aliphatic rings. The van der Waals surface area contributed by atoms with Gasteiger partial charge in [0, 0.05) is 30.0 Å². The smallest absolute Gasteiger partial charge is 0.230 e. The number of carbonyl (C=O) groups excluding carboxylic acids is 1. The summed E-state index contributed by atoms with van der Waals surface area (Å²) >= 11 is 9.25. The lowest BCUT2D eigenvalue weighted by Crippen LogP contribution is -2.41. The predicted octanol–water partition coefficient (Wildman–Crippen LogP) is 4.06. The monoisotopic (exact) mass is 408 g/mol. The molecule has 1 unspecified atom stereocenters. The fourth-order valence-corrected chi connectivity index (χ4v) is 3.48. The Bertz CT molecular complexity index is 738. The molecule has 24 heavy (non-hydrogen) atoms. The maximum atomic E-state index is 12.5. The third-order valence-electron chi connectivity index (χ3n) is 4.09. The van der Waals surface area contributed by atoms with Crippen LogP contribution in [0.15, 0.2) is 35.1 Å². The summed E-state index contributed by atoms with van der Waals surface area (Å²) in [5.74, 6) is 1.38. The van der Waals surface area contributed by atoms with Crippen LogP contribution < -0.4 is 10.2 Å². The van der Waals surface area contributed by atoms with Gasteiger partial charge in [-0.25, -0.2) is 9.97 Å². The number of pyridine rings is 2. The summed E-state index contributed by atoms with van der Waals surface area (Å²) in [7, 11) is 0. The van der Waals surface area contributed by atoms with Gasteiger partial charge < -0.3 is 10.2 Å². The number of hydrogen-bond donors (Lipinski definition) is 1. The topological polar surface area (TPSA) is 58.1 Å². The Morgan fingerprint density at radius 1 is 1.38 bits per heavy atom. The summed E-state index contributed by atoms with van der Waals surface area (Å²) in [5.41, 5.74) is 1.10. The third-order valence-corrected chi connectivity index (χ3v) is 4.74. The van der Waals surface area contributed by atoms with E-state index in [1.165, 1.54) is 6.20 Å². The van der Waals surface area contributed by atoms with Gasteiger partial charge in [0.2, 0.25) is 5.91 Å². The third kappa shape index (κ3) is 4.05. The summed E-state index contributed by atoms with van der Waals surface area (Å²) in [6, 6.07) is 5.47. The number of aryl methyl sites for hydroxylation is 1. The highest BCUT2D eigenvalue weighted by atomic mass is 79.9. The normalized spacial score (nSPS) is 17.6. The van der Waals surface area contributed by atoms with Gasteiger partial charge in [-0.3, -0.25) is 4.79 Å². The molecule has 3 heterocycles. The quantitative estimate of drug-likeness (QED) is 0.830. The number of anilines is 2. The van der Waals surface area contributed by atoms with Gasteiger partial charge in [0.1, 0.15) is 11.6 Å². The molecular weight excluding hydrogens is 392 g/mol. The number of aromatic nitrogens is 2. The van der Waals surface area contributed by atoms with E-state index in [0.29, 0.717) is 17.4 Å². The van der Waals surface area contributed by atoms with Crippen molar-refractivity contribution in [3.63, 3.8) is 0 Å². The Morgan fingerprint density at radius 3 is 2.92 bits per heavy atom. The largest absolute Gasteiger partial charge is 0.356 e. The molecule has 1 N–H and O–H groups in total. The second-order valence-corrected chi connectivity index (χ2v) is 7.28. The average Bonchev–Trinajstić information content (AvgIpc) is 2.57. The SMILES string of the molecule is Cc1cc(Br)cnc1N1CCCC(C(=O)Nc2ccc(Cl)cn2)C1. The van der Waals surface area contributed by atoms with Crippen molar-refractivity contribution >= 4 is 45.1 Å². The highest BCUT2D eigenvalue weighted by Crippen LogP contribution is 2.26. The maximum Gasteiger partial charge on any atom is 0.230 e. The minimum absolute atomic E-state index is 0.00992. The van der Waals surface area contributed by atoms with Gasteiger partial charge >= 0.3 is 0 Å². The fourth-order valence-electron chi connectivity index (χ4n) is 2.93. The van der Waals surface area contributed by atoms with Crippen LogP contribution in [0.3, 0.4) is 0 Å². The van der Waals surface area contributed by atoms with Crippen LogP contribution in [-0.2, 0) is 4.79 Å². The number of rotatable bonds is 3. The molecule has 0 radical (unpaired) electrons. The van der Waals surface area contributed by atoms with Gasteiger partial charge in [0.05, 0.1) is 10.9 Å². The average molecular weight is 410 g/mol. The van der Waals surface area contributed by atoms with Gasteiger partial charge in [-0.15, -0.1) is 0 Å². The molecular formula is C17H18BrClN4O. The molecule has 1 fully saturated rings. The molecule has 0 aliphatic carbocycles. The zero-order chi connectivity index (χ0) is 17.1. The van der Waals surface area contributed by atoms with Crippen molar-refractivity contribution in [3.8, 4) is 0 Å². The van der Waals surface area contributed by atoms with Gasteiger partial charge in [-0.2, -0.15) is 0 Å². The van der Waals surface area contributed by atoms with Crippen LogP contribution in [0.2, 0.25) is 5.02 Å². The number of carbonyl (C=O) groups is 1. The molecule has 3 rings (SSSR count). The molecule has 5 nitrogen and oxygen atoms in total. The molecule has 0 aromatic carbocycles. The molecule has 2 aromatic rings. The zero-order valence-corrected chi connectivity index (χ0v) is 15.6. The van der Waals surface area contributed by atoms with Crippen LogP contribution in [0.25, 0.3) is 0 Å². The number of amides is 1. The number of nitrogens with zero attached hydrogens (tertiary/aromatic N) is 3. The Hall–Kier alpha value is -1.66. The van der Waals surface area contributed by atoms with Crippen molar-refractivity contribution in [2.45, 2.75) is 19.8 Å². The highest BCUT2D eigenvalue weighted by Gasteiger charge is 2.27. The van der Waals surface area contributed by atoms with Crippen LogP contribution >= 0.6 is 27.5 Å². The summed E-state index contributed by atoms with van der Waals surface area (Å²) in [4.78, 5) is 23.3. The first-order chi connectivity index (χ1) is 11.5. The Balaban J connectivity index is 1.68. The van der Waals surface area contributed by atoms with Crippen molar-refractivity contribution in [3.05, 3.63) is 45.7 Å². The number of halogens is 2. The van der Waals surface area contributed by atoms with E-state index in [9.17, 15) is 4.79 Å². The standard InChI is InChI=1S/C17H18BrClN4O/c1-11-7-13(18)8-21-16(11)23-6-2-3-12(10-23)17(24)22-15-5-4-14(19)9-20-15/h4-5,7-9,12H,2-3,6,10H2,1H3,(H,20,22,24). The molecule has 1 aliphatic heterocycles. The summed E-state index contributed by atoms with van der Waals surface area (Å²) in [6.07, 6.45) is 5.15. The van der Waals surface area contributed by atoms with Crippen molar-refractivity contribution < 1.29 is 4.79 Å². The van der Waals surface area contributed by atoms with Crippen molar-refractivity contribution in [1.82, 2.24) is 9.97 Å². The molecule has 1 atom stereocenters. The van der Waals surface area contributed by atoms with Crippen LogP contribution in [0.4, 0.5) is 11.6 Å². The van der Waals surface area contributed by atoms with Crippen molar-refractivity contribution in [2.24, 2.45) is 5.92 Å². The van der Waals surface area contributed by atoms with Crippen LogP contribution in [0.5, 0.6) is 0 Å². The van der Waals surface area contributed by atoms with E-state index < -0.39 is 0 Å². The first-order valence-electron chi connectivity index (χ1n) is 7.82. The van der Waals surface area contributed by atoms with Crippen LogP contribution in [0.1, 0.15) is 18.4 Å². The Labute approximate surface area is 154 Å². The highest BCUT2D eigenvalue weighted by molar-refractivity contribution is 9.10. The number of nitrogens with one attached hydrogen (secondary N) is 1. The lowest BCUT2D eigenvalue weighted by atomic mass is 9.97. The van der Waals surface area contributed by atoms with E-state index >= 15 is 0 Å². The zero-order valence-electron chi connectivity index (χ0n) is 13.3. The lowest BCUT2D eigenvalue weighted by molar-refractivity contribution is -0.120. The van der Waals surface area contributed by atoms with Gasteiger partial charge in [0.15, 0.2) is 0 Å². The number of hydrogen-bond acceptors (Lipinski definition) is 4. The summed E-state index contributed by atoms with van der Waals surface area (Å²) < 4.78 is 0.962. The maximum absolute atomic E-state index is 12.5. The van der Waals surface area contributed by atoms with E-state index in [-0.39, 0.29) is 11.8 Å². The Kier molecular flexibility index (Phi) is 5.36. The fraction of sp³-hybridized carbons (Fsp3) is 0.353. The van der Waals surface area contributed by atoms with Gasteiger partial charge in [-0.05, 0) is 59.5 Å². The van der Waals surface area contributed by atoms with E-state index in [0.717, 1.165) is 35.2 Å². The summed E-state index contributed by atoms with van der Waals surface area (Å²) in [5, 5.41) is 3.42. The second-order valence-electron chi connectivity index (χ2n) is 5.93. The molecule has 0 bridgehead atoms. The molecule has 1 saturated heterocycles. The first kappa shape index (κ1) is 17.2. The number of piperidine rings is 1. The van der Waals surface area contributed by atoms with Crippen LogP contribution in [0, 0.1) is 12.8 Å². The van der Waals surface area contributed by atoms with Gasteiger partial charge in [0.25, 0.3) is 0 Å². The molecule has 0 saturated carbocycles. The first-order valence-corrected chi connectivity index (χ1v) is 8.99. The second kappa shape index (κ2) is 7.49. The van der Waals surface area contributed by atoms with Gasteiger partial charge in [-0.1, -0.05) is 11.6 Å². The van der Waals surface area contributed by atoms with Crippen molar-refractivity contribution in [2.75, 3.05) is 23.3 Å². The van der Waals surface area contributed by atoms with E-state index in [2.05, 4.69) is 36.1 Å². The molecule has 126 valence electrons. The van der Waals surface area contributed by atoms with E-state index in [1.54, 1.807) is 18.3 Å². The molecule has 2 aromatic heterocycles. The minimum Gasteiger partial charge on any atom is -0.356 e. The van der Waals surface area contributed by atoms with Crippen LogP contribution in [-0.4, -0.2) is 29.0 Å². The Morgan fingerprint density at radius 2 is 2.21 bits per heavy atom. The van der Waals surface area contributed by atoms with Crippen molar-refractivity contribution in [1.29, 1.82) is 0 Å². The minimum atomic E-state index is -0.0823. The predicted molar refractivity (Wildman–Crippen MR) is 99.5 cm³/mol. The van der Waals surface area contributed by atoms with E-state index in [1.807, 2.05) is 13.0 Å². The molecule has 7 heteroatoms. The lowest BCUT2D eigenvalue weighted by Gasteiger charge is -2.33. The molecule has 0 spiro atoms. The van der Waals surface area contributed by atoms with E-state index in [4.69, 9.17) is 11.6 Å². The summed E-state index contributed by atoms with van der Waals surface area (Å²) in [6.45, 7) is 3.61. The molecule has 1 amide bonds.